The summed E-state index contributed by atoms with van der Waals surface area (Å²) in [6.45, 7) is 0.432. The van der Waals surface area contributed by atoms with E-state index in [1.54, 1.807) is 11.9 Å². The molecule has 3 N–H and O–H groups in total. The number of halogens is 4. The third-order valence-corrected chi connectivity index (χ3v) is 6.84. The summed E-state index contributed by atoms with van der Waals surface area (Å²) in [6, 6.07) is 1.23. The maximum absolute atomic E-state index is 14.4. The van der Waals surface area contributed by atoms with E-state index in [2.05, 4.69) is 20.7 Å². The van der Waals surface area contributed by atoms with E-state index in [1.807, 2.05) is 4.90 Å². The molecule has 1 aromatic rings. The fourth-order valence-corrected chi connectivity index (χ4v) is 4.89. The number of nitrogens with one attached hydrogen (secondary N) is 3. The van der Waals surface area contributed by atoms with Crippen LogP contribution in [-0.2, 0) is 11.3 Å². The van der Waals surface area contributed by atoms with Crippen LogP contribution in [0.25, 0.3) is 0 Å². The Labute approximate surface area is 204 Å². The van der Waals surface area contributed by atoms with Gasteiger partial charge in [0.15, 0.2) is 0 Å². The van der Waals surface area contributed by atoms with Crippen molar-refractivity contribution in [2.45, 2.75) is 49.8 Å². The topological polar surface area (TPSA) is 106 Å². The van der Waals surface area contributed by atoms with Crippen molar-refractivity contribution in [2.75, 3.05) is 33.9 Å². The van der Waals surface area contributed by atoms with Crippen LogP contribution in [0.3, 0.4) is 0 Å². The lowest BCUT2D eigenvalue weighted by Gasteiger charge is -2.48. The van der Waals surface area contributed by atoms with E-state index >= 15 is 0 Å². The Morgan fingerprint density at radius 1 is 1.28 bits per heavy atom. The molecule has 198 valence electrons. The second kappa shape index (κ2) is 9.64. The Bertz CT molecular complexity index is 1040. The summed E-state index contributed by atoms with van der Waals surface area (Å²) in [5.41, 5.74) is -1.01. The predicted octanol–water partition coefficient (Wildman–Crippen LogP) is 1.57. The van der Waals surface area contributed by atoms with Crippen LogP contribution in [0, 0.1) is 5.82 Å². The molecule has 1 saturated carbocycles. The first kappa shape index (κ1) is 25.8. The van der Waals surface area contributed by atoms with Crippen molar-refractivity contribution in [3.63, 3.8) is 0 Å². The zero-order valence-corrected chi connectivity index (χ0v) is 19.8. The number of hydrogen-bond acceptors (Lipinski definition) is 5. The van der Waals surface area contributed by atoms with E-state index in [-0.39, 0.29) is 43.2 Å². The summed E-state index contributed by atoms with van der Waals surface area (Å²) in [6.07, 6.45) is -3.14. The van der Waals surface area contributed by atoms with Gasteiger partial charge < -0.3 is 30.5 Å². The number of urea groups is 2. The number of likely N-dealkylation sites (tertiary alicyclic amines) is 1. The van der Waals surface area contributed by atoms with Crippen LogP contribution in [0.5, 0.6) is 5.75 Å². The summed E-state index contributed by atoms with van der Waals surface area (Å²) in [5, 5.41) is 8.01. The van der Waals surface area contributed by atoms with Gasteiger partial charge in [0.2, 0.25) is 5.91 Å². The van der Waals surface area contributed by atoms with Gasteiger partial charge >= 0.3 is 18.4 Å². The van der Waals surface area contributed by atoms with Gasteiger partial charge in [-0.1, -0.05) is 6.07 Å². The summed E-state index contributed by atoms with van der Waals surface area (Å²) in [7, 11) is 3.26. The van der Waals surface area contributed by atoms with Crippen LogP contribution in [0.1, 0.15) is 24.8 Å². The summed E-state index contributed by atoms with van der Waals surface area (Å²) in [5.74, 6) is -1.87. The smallest absolute Gasteiger partial charge is 0.406 e. The van der Waals surface area contributed by atoms with E-state index in [1.165, 1.54) is 11.9 Å². The molecule has 0 bridgehead atoms. The van der Waals surface area contributed by atoms with Crippen LogP contribution >= 0.6 is 0 Å². The molecule has 2 saturated heterocycles. The summed E-state index contributed by atoms with van der Waals surface area (Å²) >= 11 is 0. The van der Waals surface area contributed by atoms with Gasteiger partial charge in [0.1, 0.15) is 17.1 Å². The second-order valence-corrected chi connectivity index (χ2v) is 9.29. The molecule has 1 unspecified atom stereocenters. The molecule has 4 rings (SSSR count). The zero-order valence-electron chi connectivity index (χ0n) is 19.8. The third-order valence-electron chi connectivity index (χ3n) is 6.84. The molecular weight excluding hydrogens is 488 g/mol. The van der Waals surface area contributed by atoms with Crippen molar-refractivity contribution < 1.29 is 36.7 Å². The van der Waals surface area contributed by atoms with Crippen molar-refractivity contribution in [3.05, 3.63) is 29.6 Å². The second-order valence-electron chi connectivity index (χ2n) is 9.29. The first-order valence-electron chi connectivity index (χ1n) is 11.5. The third kappa shape index (κ3) is 5.27. The number of ether oxygens (including phenoxy) is 1. The number of hydrogen-bond donors (Lipinski definition) is 3. The highest BCUT2D eigenvalue weighted by molar-refractivity contribution is 5.90. The highest BCUT2D eigenvalue weighted by atomic mass is 19.4. The Morgan fingerprint density at radius 2 is 2.00 bits per heavy atom. The van der Waals surface area contributed by atoms with Crippen molar-refractivity contribution in [2.24, 2.45) is 0 Å². The first-order chi connectivity index (χ1) is 16.9. The Hall–Kier alpha value is -3.29. The maximum Gasteiger partial charge on any atom is 0.573 e. The van der Waals surface area contributed by atoms with E-state index in [0.29, 0.717) is 19.2 Å². The average Bonchev–Trinajstić information content (AvgIpc) is 3.61. The molecule has 3 fully saturated rings. The molecule has 1 spiro atoms. The normalized spacial score (nSPS) is 24.4. The first-order valence-corrected chi connectivity index (χ1v) is 11.5. The van der Waals surface area contributed by atoms with Crippen molar-refractivity contribution in [1.29, 1.82) is 0 Å². The molecule has 3 aliphatic rings. The number of rotatable bonds is 5. The molecule has 0 radical (unpaired) electrons. The van der Waals surface area contributed by atoms with E-state index < -0.39 is 35.5 Å². The highest BCUT2D eigenvalue weighted by Crippen LogP contribution is 2.37. The number of carbonyl (C=O) groups excluding carboxylic acids is 3. The fraction of sp³-hybridized carbons (Fsp3) is 0.591. The highest BCUT2D eigenvalue weighted by Gasteiger charge is 2.55. The lowest BCUT2D eigenvalue weighted by molar-refractivity contribution is -0.274. The van der Waals surface area contributed by atoms with Crippen LogP contribution in [-0.4, -0.2) is 90.5 Å². The quantitative estimate of drug-likeness (QED) is 0.516. The number of amides is 5. The van der Waals surface area contributed by atoms with Crippen molar-refractivity contribution >= 4 is 18.0 Å². The maximum atomic E-state index is 14.4. The summed E-state index contributed by atoms with van der Waals surface area (Å²) in [4.78, 5) is 43.6. The van der Waals surface area contributed by atoms with Gasteiger partial charge in [-0.15, -0.1) is 13.2 Å². The molecule has 2 aliphatic heterocycles. The minimum Gasteiger partial charge on any atom is -0.406 e. The van der Waals surface area contributed by atoms with Gasteiger partial charge in [-0.05, 0) is 32.4 Å². The number of piperidine rings is 1. The lowest BCUT2D eigenvalue weighted by atomic mass is 9.84. The predicted molar refractivity (Wildman–Crippen MR) is 118 cm³/mol. The van der Waals surface area contributed by atoms with Crippen molar-refractivity contribution in [3.8, 4) is 5.75 Å². The van der Waals surface area contributed by atoms with Gasteiger partial charge in [-0.3, -0.25) is 9.69 Å². The lowest BCUT2D eigenvalue weighted by Crippen LogP contribution is -2.68. The van der Waals surface area contributed by atoms with Gasteiger partial charge in [0.25, 0.3) is 0 Å². The Morgan fingerprint density at radius 3 is 2.56 bits per heavy atom. The van der Waals surface area contributed by atoms with Gasteiger partial charge in [0, 0.05) is 37.8 Å². The van der Waals surface area contributed by atoms with Crippen molar-refractivity contribution in [1.82, 2.24) is 30.7 Å². The molecule has 1 aromatic carbocycles. The van der Waals surface area contributed by atoms with Crippen LogP contribution < -0.4 is 20.7 Å². The molecular formula is C22H28F4N6O4. The molecule has 36 heavy (non-hydrogen) atoms. The van der Waals surface area contributed by atoms with E-state index in [9.17, 15) is 31.9 Å². The standard InChI is InChI=1S/C22H28F4N6O4/c1-27-19(34)31-10-15(8-21(11-31)18(33)29-12-30(21)2)32(14-4-5-14)20(35)28-9-13-3-6-16(7-17(13)23)36-22(24,25)26/h3,6-7,14-15H,4-5,8-12H2,1-2H3,(H,27,34)(H,28,35)(H,29,33)/t15-,21?/m1/s1. The van der Waals surface area contributed by atoms with Gasteiger partial charge in [-0.25, -0.2) is 14.0 Å². The molecule has 2 heterocycles. The largest absolute Gasteiger partial charge is 0.573 e. The van der Waals surface area contributed by atoms with Gasteiger partial charge in [0.05, 0.1) is 19.3 Å². The Kier molecular flexibility index (Phi) is 6.90. The average molecular weight is 516 g/mol. The molecule has 1 aliphatic carbocycles. The van der Waals surface area contributed by atoms with E-state index in [0.717, 1.165) is 25.0 Å². The molecule has 10 nitrogen and oxygen atoms in total. The number of alkyl halides is 3. The number of benzene rings is 1. The fourth-order valence-electron chi connectivity index (χ4n) is 4.89. The van der Waals surface area contributed by atoms with Gasteiger partial charge in [-0.2, -0.15) is 0 Å². The minimum atomic E-state index is -4.95. The van der Waals surface area contributed by atoms with Crippen LogP contribution in [0.15, 0.2) is 18.2 Å². The number of nitrogens with zero attached hydrogens (tertiary/aromatic N) is 3. The molecule has 5 amide bonds. The summed E-state index contributed by atoms with van der Waals surface area (Å²) < 4.78 is 55.2. The van der Waals surface area contributed by atoms with Crippen LogP contribution in [0.4, 0.5) is 27.2 Å². The Balaban J connectivity index is 1.50. The van der Waals surface area contributed by atoms with Crippen LogP contribution in [0.2, 0.25) is 0 Å². The minimum absolute atomic E-state index is 0.0179. The monoisotopic (exact) mass is 516 g/mol. The number of carbonyl (C=O) groups is 3. The molecule has 14 heteroatoms. The molecule has 0 aromatic heterocycles. The molecule has 2 atom stereocenters. The SMILES string of the molecule is CNC(=O)N1C[C@H](N(C(=O)NCc2ccc(OC(F)(F)F)cc2F)C2CC2)CC2(C1)C(=O)NCN2C. The zero-order chi connectivity index (χ0) is 26.3. The number of likely N-dealkylation sites (N-methyl/N-ethyl adjacent to an activating group) is 1. The van der Waals surface area contributed by atoms with E-state index in [4.69, 9.17) is 0 Å².